The van der Waals surface area contributed by atoms with E-state index in [1.807, 2.05) is 6.07 Å². The standard InChI is InChI=1S/C14H22N2O/c1-10-6-7-14(17-2)12(8-10)13(16-15)9-11-4-3-5-11/h6-8,11,13,16H,3-5,9,15H2,1-2H3. The highest BCUT2D eigenvalue weighted by Gasteiger charge is 2.24. The maximum absolute atomic E-state index is 5.70. The van der Waals surface area contributed by atoms with E-state index in [2.05, 4.69) is 24.5 Å². The van der Waals surface area contributed by atoms with Gasteiger partial charge >= 0.3 is 0 Å². The number of rotatable bonds is 5. The smallest absolute Gasteiger partial charge is 0.123 e. The molecule has 0 amide bonds. The second-order valence-corrected chi connectivity index (χ2v) is 5.00. The number of hydrogen-bond acceptors (Lipinski definition) is 3. The van der Waals surface area contributed by atoms with Crippen molar-refractivity contribution >= 4 is 0 Å². The summed E-state index contributed by atoms with van der Waals surface area (Å²) in [6, 6.07) is 6.46. The first-order valence-corrected chi connectivity index (χ1v) is 6.35. The van der Waals surface area contributed by atoms with Crippen molar-refractivity contribution in [1.29, 1.82) is 0 Å². The van der Waals surface area contributed by atoms with Crippen LogP contribution < -0.4 is 16.0 Å². The number of benzene rings is 1. The summed E-state index contributed by atoms with van der Waals surface area (Å²) >= 11 is 0. The number of hydrazine groups is 1. The molecule has 1 aromatic carbocycles. The molecule has 1 saturated carbocycles. The third-order valence-electron chi connectivity index (χ3n) is 3.76. The lowest BCUT2D eigenvalue weighted by atomic mass is 9.79. The molecule has 0 heterocycles. The number of ether oxygens (including phenoxy) is 1. The third kappa shape index (κ3) is 2.79. The maximum atomic E-state index is 5.70. The molecule has 3 heteroatoms. The average Bonchev–Trinajstić information content (AvgIpc) is 2.28. The van der Waals surface area contributed by atoms with E-state index in [9.17, 15) is 0 Å². The van der Waals surface area contributed by atoms with Crippen LogP contribution in [0.25, 0.3) is 0 Å². The monoisotopic (exact) mass is 234 g/mol. The molecule has 1 fully saturated rings. The van der Waals surface area contributed by atoms with Gasteiger partial charge in [-0.25, -0.2) is 0 Å². The molecule has 1 aliphatic carbocycles. The van der Waals surface area contributed by atoms with Crippen LogP contribution in [0.2, 0.25) is 0 Å². The Morgan fingerprint density at radius 2 is 2.24 bits per heavy atom. The van der Waals surface area contributed by atoms with Gasteiger partial charge in [-0.15, -0.1) is 0 Å². The van der Waals surface area contributed by atoms with Crippen LogP contribution >= 0.6 is 0 Å². The first-order chi connectivity index (χ1) is 8.24. The van der Waals surface area contributed by atoms with E-state index in [-0.39, 0.29) is 6.04 Å². The normalized spacial score (nSPS) is 17.6. The molecule has 1 atom stereocenters. The molecule has 0 spiro atoms. The zero-order chi connectivity index (χ0) is 12.3. The second kappa shape index (κ2) is 5.52. The minimum atomic E-state index is 0.204. The fourth-order valence-corrected chi connectivity index (χ4v) is 2.47. The van der Waals surface area contributed by atoms with Gasteiger partial charge in [-0.2, -0.15) is 0 Å². The second-order valence-electron chi connectivity index (χ2n) is 5.00. The van der Waals surface area contributed by atoms with Gasteiger partial charge in [-0.05, 0) is 25.3 Å². The molecule has 0 bridgehead atoms. The molecule has 0 aliphatic heterocycles. The van der Waals surface area contributed by atoms with Crippen LogP contribution in [0.5, 0.6) is 5.75 Å². The summed E-state index contributed by atoms with van der Waals surface area (Å²) < 4.78 is 5.42. The molecule has 3 nitrogen and oxygen atoms in total. The van der Waals surface area contributed by atoms with E-state index in [1.54, 1.807) is 7.11 Å². The number of aryl methyl sites for hydroxylation is 1. The van der Waals surface area contributed by atoms with Crippen molar-refractivity contribution in [2.45, 2.75) is 38.6 Å². The van der Waals surface area contributed by atoms with Crippen LogP contribution in [-0.4, -0.2) is 7.11 Å². The molecule has 2 rings (SSSR count). The Morgan fingerprint density at radius 1 is 1.47 bits per heavy atom. The zero-order valence-corrected chi connectivity index (χ0v) is 10.7. The molecule has 0 aromatic heterocycles. The van der Waals surface area contributed by atoms with Gasteiger partial charge in [0.2, 0.25) is 0 Å². The van der Waals surface area contributed by atoms with Crippen molar-refractivity contribution in [3.8, 4) is 5.75 Å². The molecule has 94 valence electrons. The SMILES string of the molecule is COc1ccc(C)cc1C(CC1CCC1)NN. The van der Waals surface area contributed by atoms with Crippen molar-refractivity contribution in [3.05, 3.63) is 29.3 Å². The van der Waals surface area contributed by atoms with E-state index in [0.717, 1.165) is 18.1 Å². The molecule has 1 aromatic rings. The van der Waals surface area contributed by atoms with E-state index >= 15 is 0 Å². The predicted molar refractivity (Wildman–Crippen MR) is 69.8 cm³/mol. The molecular weight excluding hydrogens is 212 g/mol. The highest BCUT2D eigenvalue weighted by molar-refractivity contribution is 5.39. The van der Waals surface area contributed by atoms with Gasteiger partial charge < -0.3 is 4.74 Å². The van der Waals surface area contributed by atoms with Crippen molar-refractivity contribution in [1.82, 2.24) is 5.43 Å². The van der Waals surface area contributed by atoms with Gasteiger partial charge in [-0.3, -0.25) is 11.3 Å². The predicted octanol–water partition coefficient (Wildman–Crippen LogP) is 2.70. The topological polar surface area (TPSA) is 47.3 Å². The van der Waals surface area contributed by atoms with Crippen LogP contribution in [0.1, 0.15) is 42.9 Å². The Hall–Kier alpha value is -1.06. The first-order valence-electron chi connectivity index (χ1n) is 6.35. The van der Waals surface area contributed by atoms with E-state index in [1.165, 1.54) is 30.4 Å². The van der Waals surface area contributed by atoms with Crippen molar-refractivity contribution in [2.75, 3.05) is 7.11 Å². The summed E-state index contributed by atoms with van der Waals surface area (Å²) in [6.45, 7) is 2.10. The number of hydrogen-bond donors (Lipinski definition) is 2. The summed E-state index contributed by atoms with van der Waals surface area (Å²) in [5.41, 5.74) is 5.37. The Bertz CT molecular complexity index is 374. The fourth-order valence-electron chi connectivity index (χ4n) is 2.47. The van der Waals surface area contributed by atoms with Crippen molar-refractivity contribution < 1.29 is 4.74 Å². The Morgan fingerprint density at radius 3 is 2.76 bits per heavy atom. The molecule has 0 saturated heterocycles. The van der Waals surface area contributed by atoms with Crippen LogP contribution in [0.4, 0.5) is 0 Å². The van der Waals surface area contributed by atoms with Crippen LogP contribution in [-0.2, 0) is 0 Å². The lowest BCUT2D eigenvalue weighted by Gasteiger charge is -2.30. The van der Waals surface area contributed by atoms with Gasteiger partial charge in [0.1, 0.15) is 5.75 Å². The minimum Gasteiger partial charge on any atom is -0.496 e. The highest BCUT2D eigenvalue weighted by Crippen LogP contribution is 2.37. The van der Waals surface area contributed by atoms with Gasteiger partial charge in [0.15, 0.2) is 0 Å². The molecule has 3 N–H and O–H groups in total. The molecule has 0 radical (unpaired) electrons. The van der Waals surface area contributed by atoms with E-state index < -0.39 is 0 Å². The maximum Gasteiger partial charge on any atom is 0.123 e. The summed E-state index contributed by atoms with van der Waals surface area (Å²) in [5, 5.41) is 0. The Balaban J connectivity index is 2.18. The minimum absolute atomic E-state index is 0.204. The Kier molecular flexibility index (Phi) is 4.02. The van der Waals surface area contributed by atoms with Gasteiger partial charge in [0, 0.05) is 11.6 Å². The summed E-state index contributed by atoms with van der Waals surface area (Å²) in [7, 11) is 1.71. The molecule has 1 unspecified atom stereocenters. The van der Waals surface area contributed by atoms with Gasteiger partial charge in [0.25, 0.3) is 0 Å². The quantitative estimate of drug-likeness (QED) is 0.608. The summed E-state index contributed by atoms with van der Waals surface area (Å²) in [6.07, 6.45) is 5.15. The van der Waals surface area contributed by atoms with Crippen LogP contribution in [0, 0.1) is 12.8 Å². The lowest BCUT2D eigenvalue weighted by Crippen LogP contribution is -2.31. The fraction of sp³-hybridized carbons (Fsp3) is 0.571. The lowest BCUT2D eigenvalue weighted by molar-refractivity contribution is 0.259. The molecule has 1 aliphatic rings. The zero-order valence-electron chi connectivity index (χ0n) is 10.7. The molecular formula is C14H22N2O. The van der Waals surface area contributed by atoms with E-state index in [0.29, 0.717) is 0 Å². The average molecular weight is 234 g/mol. The third-order valence-corrected chi connectivity index (χ3v) is 3.76. The molecule has 17 heavy (non-hydrogen) atoms. The van der Waals surface area contributed by atoms with Crippen molar-refractivity contribution in [3.63, 3.8) is 0 Å². The summed E-state index contributed by atoms with van der Waals surface area (Å²) in [4.78, 5) is 0. The number of nitrogens with one attached hydrogen (secondary N) is 1. The van der Waals surface area contributed by atoms with Crippen LogP contribution in [0.15, 0.2) is 18.2 Å². The Labute approximate surface area is 103 Å². The summed E-state index contributed by atoms with van der Waals surface area (Å²) in [5.74, 6) is 7.45. The van der Waals surface area contributed by atoms with Crippen LogP contribution in [0.3, 0.4) is 0 Å². The largest absolute Gasteiger partial charge is 0.496 e. The number of methoxy groups -OCH3 is 1. The van der Waals surface area contributed by atoms with Crippen molar-refractivity contribution in [2.24, 2.45) is 11.8 Å². The highest BCUT2D eigenvalue weighted by atomic mass is 16.5. The van der Waals surface area contributed by atoms with Gasteiger partial charge in [-0.1, -0.05) is 37.0 Å². The van der Waals surface area contributed by atoms with E-state index in [4.69, 9.17) is 10.6 Å². The number of nitrogens with two attached hydrogens (primary N) is 1. The first kappa shape index (κ1) is 12.4. The van der Waals surface area contributed by atoms with Gasteiger partial charge in [0.05, 0.1) is 7.11 Å².